The highest BCUT2D eigenvalue weighted by Gasteiger charge is 2.14. The predicted octanol–water partition coefficient (Wildman–Crippen LogP) is 2.42. The molecule has 0 saturated heterocycles. The van der Waals surface area contributed by atoms with Gasteiger partial charge in [-0.15, -0.1) is 0 Å². The second kappa shape index (κ2) is 6.75. The van der Waals surface area contributed by atoms with Gasteiger partial charge in [0.05, 0.1) is 23.6 Å². The molecule has 0 aliphatic heterocycles. The highest BCUT2D eigenvalue weighted by Crippen LogP contribution is 2.18. The summed E-state index contributed by atoms with van der Waals surface area (Å²) in [6.07, 6.45) is 0. The van der Waals surface area contributed by atoms with Crippen molar-refractivity contribution in [2.75, 3.05) is 18.9 Å². The van der Waals surface area contributed by atoms with Crippen molar-refractivity contribution in [3.05, 3.63) is 46.8 Å². The summed E-state index contributed by atoms with van der Waals surface area (Å²) in [4.78, 5) is 14.2. The zero-order valence-corrected chi connectivity index (χ0v) is 14.0. The Labute approximate surface area is 131 Å². The van der Waals surface area contributed by atoms with Gasteiger partial charge in [-0.05, 0) is 38.9 Å². The molecule has 5 heteroatoms. The lowest BCUT2D eigenvalue weighted by molar-refractivity contribution is -0.117. The van der Waals surface area contributed by atoms with Gasteiger partial charge in [-0.1, -0.05) is 24.3 Å². The summed E-state index contributed by atoms with van der Waals surface area (Å²) in [5.41, 5.74) is 5.11. The number of aromatic nitrogens is 2. The van der Waals surface area contributed by atoms with Gasteiger partial charge in [-0.25, -0.2) is 0 Å². The van der Waals surface area contributed by atoms with Gasteiger partial charge >= 0.3 is 0 Å². The van der Waals surface area contributed by atoms with Gasteiger partial charge in [-0.2, -0.15) is 5.10 Å². The van der Waals surface area contributed by atoms with Crippen LogP contribution in [0.25, 0.3) is 0 Å². The van der Waals surface area contributed by atoms with Crippen LogP contribution in [0, 0.1) is 20.8 Å². The van der Waals surface area contributed by atoms with Crippen LogP contribution in [0.3, 0.4) is 0 Å². The minimum absolute atomic E-state index is 0.0183. The fourth-order valence-electron chi connectivity index (χ4n) is 2.51. The van der Waals surface area contributed by atoms with Crippen molar-refractivity contribution >= 4 is 11.6 Å². The third-order valence-corrected chi connectivity index (χ3v) is 3.89. The number of benzene rings is 1. The average molecular weight is 300 g/mol. The molecular weight excluding hydrogens is 276 g/mol. The molecule has 5 nitrogen and oxygen atoms in total. The maximum Gasteiger partial charge on any atom is 0.238 e. The normalized spacial score (nSPS) is 11.0. The average Bonchev–Trinajstić information content (AvgIpc) is 2.68. The summed E-state index contributed by atoms with van der Waals surface area (Å²) >= 11 is 0. The van der Waals surface area contributed by atoms with E-state index in [1.807, 2.05) is 45.0 Å². The van der Waals surface area contributed by atoms with Crippen LogP contribution in [-0.2, 0) is 18.4 Å². The minimum Gasteiger partial charge on any atom is -0.322 e. The maximum atomic E-state index is 12.2. The lowest BCUT2D eigenvalue weighted by Crippen LogP contribution is -2.30. The summed E-state index contributed by atoms with van der Waals surface area (Å²) in [5.74, 6) is -0.0183. The molecule has 0 aliphatic carbocycles. The molecule has 0 spiro atoms. The van der Waals surface area contributed by atoms with Crippen molar-refractivity contribution in [3.8, 4) is 0 Å². The van der Waals surface area contributed by atoms with E-state index in [1.165, 1.54) is 11.1 Å². The Bertz CT molecular complexity index is 675. The van der Waals surface area contributed by atoms with Gasteiger partial charge in [0.1, 0.15) is 0 Å². The van der Waals surface area contributed by atoms with Crippen molar-refractivity contribution < 1.29 is 4.79 Å². The summed E-state index contributed by atoms with van der Waals surface area (Å²) in [7, 11) is 3.83. The summed E-state index contributed by atoms with van der Waals surface area (Å²) in [6.45, 7) is 7.05. The van der Waals surface area contributed by atoms with Crippen LogP contribution in [0.1, 0.15) is 22.5 Å². The zero-order valence-electron chi connectivity index (χ0n) is 14.0. The Morgan fingerprint density at radius 2 is 1.95 bits per heavy atom. The number of anilines is 1. The lowest BCUT2D eigenvalue weighted by atomic mass is 10.1. The fraction of sp³-hybridized carbons (Fsp3) is 0.412. The van der Waals surface area contributed by atoms with Crippen molar-refractivity contribution in [3.63, 3.8) is 0 Å². The Balaban J connectivity index is 1.96. The lowest BCUT2D eigenvalue weighted by Gasteiger charge is -2.17. The van der Waals surface area contributed by atoms with Gasteiger partial charge in [0.15, 0.2) is 0 Å². The van der Waals surface area contributed by atoms with Crippen LogP contribution in [0.2, 0.25) is 0 Å². The summed E-state index contributed by atoms with van der Waals surface area (Å²) in [5, 5.41) is 7.28. The number of amides is 1. The molecule has 118 valence electrons. The Hall–Kier alpha value is -2.14. The van der Waals surface area contributed by atoms with E-state index >= 15 is 0 Å². The number of hydrogen-bond donors (Lipinski definition) is 1. The maximum absolute atomic E-state index is 12.2. The molecule has 1 aromatic carbocycles. The van der Waals surface area contributed by atoms with Gasteiger partial charge < -0.3 is 5.32 Å². The number of nitrogens with zero attached hydrogens (tertiary/aromatic N) is 3. The smallest absolute Gasteiger partial charge is 0.238 e. The zero-order chi connectivity index (χ0) is 16.3. The van der Waals surface area contributed by atoms with E-state index < -0.39 is 0 Å². The van der Waals surface area contributed by atoms with Crippen molar-refractivity contribution in [2.45, 2.75) is 27.3 Å². The molecule has 2 aromatic rings. The van der Waals surface area contributed by atoms with Crippen LogP contribution in [0.5, 0.6) is 0 Å². The molecule has 2 rings (SSSR count). The first-order valence-electron chi connectivity index (χ1n) is 7.41. The molecule has 1 heterocycles. The molecule has 0 radical (unpaired) electrons. The topological polar surface area (TPSA) is 50.2 Å². The van der Waals surface area contributed by atoms with Crippen LogP contribution in [0.15, 0.2) is 24.3 Å². The Morgan fingerprint density at radius 3 is 2.55 bits per heavy atom. The van der Waals surface area contributed by atoms with Gasteiger partial charge in [0.2, 0.25) is 5.91 Å². The molecule has 0 fully saturated rings. The molecule has 0 bridgehead atoms. The predicted molar refractivity (Wildman–Crippen MR) is 88.8 cm³/mol. The van der Waals surface area contributed by atoms with Gasteiger partial charge in [0.25, 0.3) is 0 Å². The van der Waals surface area contributed by atoms with E-state index in [0.29, 0.717) is 6.54 Å². The third-order valence-electron chi connectivity index (χ3n) is 3.89. The molecule has 0 aliphatic rings. The van der Waals surface area contributed by atoms with Crippen LogP contribution < -0.4 is 5.32 Å². The molecular formula is C17H24N4O. The quantitative estimate of drug-likeness (QED) is 0.922. The van der Waals surface area contributed by atoms with Gasteiger partial charge in [-0.3, -0.25) is 14.4 Å². The highest BCUT2D eigenvalue weighted by atomic mass is 16.2. The number of aryl methyl sites for hydroxylation is 3. The van der Waals surface area contributed by atoms with Crippen molar-refractivity contribution in [1.82, 2.24) is 14.7 Å². The van der Waals surface area contributed by atoms with E-state index in [9.17, 15) is 4.79 Å². The number of likely N-dealkylation sites (N-methyl/N-ethyl adjacent to an activating group) is 1. The van der Waals surface area contributed by atoms with E-state index in [0.717, 1.165) is 23.6 Å². The van der Waals surface area contributed by atoms with E-state index in [2.05, 4.69) is 29.5 Å². The first kappa shape index (κ1) is 16.2. The van der Waals surface area contributed by atoms with Crippen LogP contribution in [0.4, 0.5) is 5.69 Å². The molecule has 1 amide bonds. The second-order valence-electron chi connectivity index (χ2n) is 5.82. The standard InChI is InChI=1S/C17H24N4O/c1-12-8-6-7-9-15(12)10-20(4)11-16(22)18-17-13(2)19-21(5)14(17)3/h6-9H,10-11H2,1-5H3,(H,18,22). The third kappa shape index (κ3) is 3.74. The molecule has 0 unspecified atom stereocenters. The van der Waals surface area contributed by atoms with E-state index in [4.69, 9.17) is 0 Å². The van der Waals surface area contributed by atoms with E-state index in [-0.39, 0.29) is 5.91 Å². The van der Waals surface area contributed by atoms with E-state index in [1.54, 1.807) is 4.68 Å². The monoisotopic (exact) mass is 300 g/mol. The number of hydrogen-bond acceptors (Lipinski definition) is 3. The fourth-order valence-corrected chi connectivity index (χ4v) is 2.51. The molecule has 22 heavy (non-hydrogen) atoms. The van der Waals surface area contributed by atoms with Crippen molar-refractivity contribution in [2.24, 2.45) is 7.05 Å². The number of rotatable bonds is 5. The number of carbonyl (C=O) groups is 1. The first-order chi connectivity index (χ1) is 10.4. The second-order valence-corrected chi connectivity index (χ2v) is 5.82. The SMILES string of the molecule is Cc1ccccc1CN(C)CC(=O)Nc1c(C)nn(C)c1C. The van der Waals surface area contributed by atoms with Crippen LogP contribution in [-0.4, -0.2) is 34.2 Å². The summed E-state index contributed by atoms with van der Waals surface area (Å²) < 4.78 is 1.78. The largest absolute Gasteiger partial charge is 0.322 e. The molecule has 1 N–H and O–H groups in total. The Kier molecular flexibility index (Phi) is 4.98. The number of nitrogens with one attached hydrogen (secondary N) is 1. The highest BCUT2D eigenvalue weighted by molar-refractivity contribution is 5.93. The summed E-state index contributed by atoms with van der Waals surface area (Å²) in [6, 6.07) is 8.24. The molecule has 1 aromatic heterocycles. The van der Waals surface area contributed by atoms with Gasteiger partial charge in [0, 0.05) is 13.6 Å². The first-order valence-corrected chi connectivity index (χ1v) is 7.41. The number of carbonyl (C=O) groups excluding carboxylic acids is 1. The molecule has 0 atom stereocenters. The van der Waals surface area contributed by atoms with Crippen LogP contribution >= 0.6 is 0 Å². The molecule has 0 saturated carbocycles. The van der Waals surface area contributed by atoms with Crippen molar-refractivity contribution in [1.29, 1.82) is 0 Å². The minimum atomic E-state index is -0.0183. The Morgan fingerprint density at radius 1 is 1.27 bits per heavy atom.